The summed E-state index contributed by atoms with van der Waals surface area (Å²) >= 11 is 0. The average Bonchev–Trinajstić information content (AvgIpc) is 2.84. The SMILES string of the molecule is CC(C)(CO)CCCCc1cc(O)cc(C=CCc2cc(O)cc(C=CCCC(C)(C)C(=O)O)c2O)c1O. The second-order valence-electron chi connectivity index (χ2n) is 11.4. The summed E-state index contributed by atoms with van der Waals surface area (Å²) in [4.78, 5) is 11.3. The molecule has 0 fully saturated rings. The molecule has 0 radical (unpaired) electrons. The Hall–Kier alpha value is -3.45. The molecule has 208 valence electrons. The van der Waals surface area contributed by atoms with Gasteiger partial charge in [-0.2, -0.15) is 0 Å². The van der Waals surface area contributed by atoms with Crippen LogP contribution in [0.1, 0.15) is 82.1 Å². The van der Waals surface area contributed by atoms with Crippen molar-refractivity contribution in [3.05, 3.63) is 58.7 Å². The number of carboxylic acids is 1. The largest absolute Gasteiger partial charge is 0.508 e. The highest BCUT2D eigenvalue weighted by atomic mass is 16.4. The van der Waals surface area contributed by atoms with Crippen LogP contribution < -0.4 is 0 Å². The monoisotopic (exact) mass is 526 g/mol. The molecule has 6 N–H and O–H groups in total. The van der Waals surface area contributed by atoms with Gasteiger partial charge in [0.15, 0.2) is 0 Å². The quantitative estimate of drug-likeness (QED) is 0.124. The Morgan fingerprint density at radius 2 is 1.34 bits per heavy atom. The van der Waals surface area contributed by atoms with Gasteiger partial charge in [-0.1, -0.05) is 44.6 Å². The van der Waals surface area contributed by atoms with E-state index in [1.807, 2.05) is 13.8 Å². The van der Waals surface area contributed by atoms with E-state index >= 15 is 0 Å². The second-order valence-corrected chi connectivity index (χ2v) is 11.4. The van der Waals surface area contributed by atoms with Gasteiger partial charge in [0.1, 0.15) is 23.0 Å². The van der Waals surface area contributed by atoms with E-state index in [2.05, 4.69) is 0 Å². The third-order valence-electron chi connectivity index (χ3n) is 6.83. The normalized spacial score (nSPS) is 12.6. The zero-order valence-electron chi connectivity index (χ0n) is 22.9. The Morgan fingerprint density at radius 3 is 1.92 bits per heavy atom. The van der Waals surface area contributed by atoms with Gasteiger partial charge in [-0.3, -0.25) is 4.79 Å². The third kappa shape index (κ3) is 9.14. The zero-order valence-corrected chi connectivity index (χ0v) is 22.9. The van der Waals surface area contributed by atoms with Crippen molar-refractivity contribution in [2.75, 3.05) is 6.61 Å². The number of benzene rings is 2. The number of aliphatic hydroxyl groups is 1. The molecular weight excluding hydrogens is 484 g/mol. The zero-order chi connectivity index (χ0) is 28.5. The van der Waals surface area contributed by atoms with Crippen LogP contribution in [-0.2, 0) is 17.6 Å². The van der Waals surface area contributed by atoms with E-state index in [0.717, 1.165) is 19.3 Å². The summed E-state index contributed by atoms with van der Waals surface area (Å²) in [7, 11) is 0. The highest BCUT2D eigenvalue weighted by Gasteiger charge is 2.25. The standard InChI is InChI=1S/C31H42O7/c1-30(2,20-32)14-7-5-10-21-16-25(33)18-23(27(21)35)12-9-13-24-19-26(34)17-22(28(24)36)11-6-8-15-31(3,4)29(37)38/h6,9,11-12,16-19,32-36H,5,7-8,10,13-15,20H2,1-4H3,(H,37,38). The lowest BCUT2D eigenvalue weighted by atomic mass is 9.87. The molecule has 2 aromatic rings. The van der Waals surface area contributed by atoms with Crippen LogP contribution >= 0.6 is 0 Å². The lowest BCUT2D eigenvalue weighted by Gasteiger charge is -2.21. The van der Waals surface area contributed by atoms with Crippen LogP contribution in [0.5, 0.6) is 23.0 Å². The molecule has 0 atom stereocenters. The molecule has 0 aromatic heterocycles. The minimum atomic E-state index is -0.868. The molecule has 38 heavy (non-hydrogen) atoms. The van der Waals surface area contributed by atoms with Gasteiger partial charge in [-0.05, 0) is 87.6 Å². The summed E-state index contributed by atoms with van der Waals surface area (Å²) in [6.45, 7) is 7.46. The Labute approximate surface area is 225 Å². The number of hydrogen-bond donors (Lipinski definition) is 6. The number of aliphatic hydroxyl groups excluding tert-OH is 1. The molecule has 2 aromatic carbocycles. The van der Waals surface area contributed by atoms with E-state index in [4.69, 9.17) is 0 Å². The molecule has 7 nitrogen and oxygen atoms in total. The van der Waals surface area contributed by atoms with Crippen LogP contribution in [0.4, 0.5) is 0 Å². The van der Waals surface area contributed by atoms with Gasteiger partial charge in [0.05, 0.1) is 5.41 Å². The number of rotatable bonds is 14. The van der Waals surface area contributed by atoms with E-state index in [9.17, 15) is 35.4 Å². The molecule has 0 aliphatic carbocycles. The lowest BCUT2D eigenvalue weighted by molar-refractivity contribution is -0.147. The maximum absolute atomic E-state index is 11.3. The minimum Gasteiger partial charge on any atom is -0.508 e. The Balaban J connectivity index is 2.09. The number of phenolic OH excluding ortho intramolecular Hbond substituents is 4. The molecule has 7 heteroatoms. The maximum Gasteiger partial charge on any atom is 0.309 e. The van der Waals surface area contributed by atoms with Crippen LogP contribution in [-0.4, -0.2) is 43.2 Å². The molecule has 2 rings (SSSR count). The van der Waals surface area contributed by atoms with Gasteiger partial charge in [0.2, 0.25) is 0 Å². The predicted molar refractivity (Wildman–Crippen MR) is 150 cm³/mol. The number of phenols is 4. The van der Waals surface area contributed by atoms with Gasteiger partial charge in [-0.25, -0.2) is 0 Å². The molecule has 0 spiro atoms. The molecule has 0 amide bonds. The number of aryl methyl sites for hydroxylation is 1. The Morgan fingerprint density at radius 1 is 0.789 bits per heavy atom. The minimum absolute atomic E-state index is 0.00724. The second kappa shape index (κ2) is 13.4. The molecular formula is C31H42O7. The van der Waals surface area contributed by atoms with Crippen molar-refractivity contribution in [1.82, 2.24) is 0 Å². The number of hydrogen-bond acceptors (Lipinski definition) is 6. The molecule has 0 aliphatic rings. The molecule has 0 aliphatic heterocycles. The van der Waals surface area contributed by atoms with Crippen molar-refractivity contribution in [3.63, 3.8) is 0 Å². The van der Waals surface area contributed by atoms with Crippen molar-refractivity contribution in [2.24, 2.45) is 10.8 Å². The van der Waals surface area contributed by atoms with Gasteiger partial charge in [0.25, 0.3) is 0 Å². The fraction of sp³-hybridized carbons (Fsp3) is 0.452. The summed E-state index contributed by atoms with van der Waals surface area (Å²) in [6.07, 6.45) is 11.2. The number of unbranched alkanes of at least 4 members (excludes halogenated alkanes) is 1. The Bertz CT molecular complexity index is 1160. The highest BCUT2D eigenvalue weighted by Crippen LogP contribution is 2.33. The summed E-state index contributed by atoms with van der Waals surface area (Å²) in [6, 6.07) is 5.93. The first-order valence-electron chi connectivity index (χ1n) is 13.0. The summed E-state index contributed by atoms with van der Waals surface area (Å²) in [5, 5.41) is 60.4. The topological polar surface area (TPSA) is 138 Å². The van der Waals surface area contributed by atoms with E-state index in [1.165, 1.54) is 18.2 Å². The number of aromatic hydroxyl groups is 4. The molecule has 0 bridgehead atoms. The Kier molecular flexibility index (Phi) is 10.8. The maximum atomic E-state index is 11.3. The van der Waals surface area contributed by atoms with Crippen molar-refractivity contribution in [2.45, 2.75) is 72.6 Å². The van der Waals surface area contributed by atoms with E-state index in [-0.39, 0.29) is 41.4 Å². The van der Waals surface area contributed by atoms with Gasteiger partial charge in [0, 0.05) is 23.3 Å². The first-order valence-corrected chi connectivity index (χ1v) is 13.0. The summed E-state index contributed by atoms with van der Waals surface area (Å²) in [5.41, 5.74) is 1.02. The van der Waals surface area contributed by atoms with E-state index in [1.54, 1.807) is 44.2 Å². The highest BCUT2D eigenvalue weighted by molar-refractivity contribution is 5.73. The number of aliphatic carboxylic acids is 1. The van der Waals surface area contributed by atoms with Crippen molar-refractivity contribution < 1.29 is 35.4 Å². The van der Waals surface area contributed by atoms with Crippen LogP contribution in [0, 0.1) is 10.8 Å². The van der Waals surface area contributed by atoms with E-state index < -0.39 is 11.4 Å². The smallest absolute Gasteiger partial charge is 0.309 e. The number of carbonyl (C=O) groups is 1. The van der Waals surface area contributed by atoms with Crippen molar-refractivity contribution >= 4 is 18.1 Å². The predicted octanol–water partition coefficient (Wildman–Crippen LogP) is 6.40. The summed E-state index contributed by atoms with van der Waals surface area (Å²) < 4.78 is 0. The fourth-order valence-electron chi connectivity index (χ4n) is 4.08. The summed E-state index contributed by atoms with van der Waals surface area (Å²) in [5.74, 6) is -0.732. The average molecular weight is 527 g/mol. The molecule has 0 saturated carbocycles. The first kappa shape index (κ1) is 30.8. The van der Waals surface area contributed by atoms with E-state index in [0.29, 0.717) is 41.5 Å². The lowest BCUT2D eigenvalue weighted by Crippen LogP contribution is -2.22. The van der Waals surface area contributed by atoms with Gasteiger partial charge < -0.3 is 30.6 Å². The number of allylic oxidation sites excluding steroid dienone is 2. The molecule has 0 unspecified atom stereocenters. The van der Waals surface area contributed by atoms with Crippen molar-refractivity contribution in [1.29, 1.82) is 0 Å². The van der Waals surface area contributed by atoms with Crippen LogP contribution in [0.15, 0.2) is 36.4 Å². The molecule has 0 heterocycles. The third-order valence-corrected chi connectivity index (χ3v) is 6.83. The van der Waals surface area contributed by atoms with Crippen molar-refractivity contribution in [3.8, 4) is 23.0 Å². The van der Waals surface area contributed by atoms with Gasteiger partial charge >= 0.3 is 5.97 Å². The number of carboxylic acid groups (broad SMARTS) is 1. The fourth-order valence-corrected chi connectivity index (χ4v) is 4.08. The first-order chi connectivity index (χ1) is 17.8. The van der Waals surface area contributed by atoms with Crippen LogP contribution in [0.25, 0.3) is 12.2 Å². The van der Waals surface area contributed by atoms with Crippen LogP contribution in [0.2, 0.25) is 0 Å². The van der Waals surface area contributed by atoms with Crippen LogP contribution in [0.3, 0.4) is 0 Å². The van der Waals surface area contributed by atoms with Gasteiger partial charge in [-0.15, -0.1) is 0 Å². The molecule has 0 saturated heterocycles.